The van der Waals surface area contributed by atoms with Gasteiger partial charge >= 0.3 is 0 Å². The van der Waals surface area contributed by atoms with Crippen LogP contribution in [0.15, 0.2) is 24.5 Å². The molecule has 0 unspecified atom stereocenters. The van der Waals surface area contributed by atoms with Crippen molar-refractivity contribution < 1.29 is 9.53 Å². The Labute approximate surface area is 142 Å². The van der Waals surface area contributed by atoms with Crippen molar-refractivity contribution in [1.82, 2.24) is 19.4 Å². The van der Waals surface area contributed by atoms with Crippen molar-refractivity contribution in [3.8, 4) is 5.88 Å². The van der Waals surface area contributed by atoms with Crippen LogP contribution in [-0.2, 0) is 19.5 Å². The fraction of sp³-hybridized carbons (Fsp3) is 0.500. The normalized spacial score (nSPS) is 13.7. The fourth-order valence-electron chi connectivity index (χ4n) is 2.94. The summed E-state index contributed by atoms with van der Waals surface area (Å²) in [7, 11) is 1.78. The average Bonchev–Trinajstić information content (AvgIpc) is 2.96. The third kappa shape index (κ3) is 3.58. The Bertz CT molecular complexity index is 700. The zero-order valence-corrected chi connectivity index (χ0v) is 14.5. The molecule has 3 rings (SSSR count). The van der Waals surface area contributed by atoms with Crippen LogP contribution in [0.3, 0.4) is 0 Å². The molecule has 1 aliphatic heterocycles. The number of hydrogen-bond acceptors (Lipinski definition) is 4. The van der Waals surface area contributed by atoms with E-state index in [2.05, 4.69) is 20.7 Å². The van der Waals surface area contributed by atoms with E-state index in [-0.39, 0.29) is 12.0 Å². The SMILES string of the molecule is CC(C)Oc1ncccc1C(=O)N(C)Cc1cn2c(n1)CCCC2. The molecule has 0 atom stereocenters. The van der Waals surface area contributed by atoms with Crippen molar-refractivity contribution in [2.45, 2.75) is 52.3 Å². The van der Waals surface area contributed by atoms with E-state index in [9.17, 15) is 4.79 Å². The molecule has 0 aromatic carbocycles. The lowest BCUT2D eigenvalue weighted by Crippen LogP contribution is -2.27. The van der Waals surface area contributed by atoms with Crippen LogP contribution in [0.5, 0.6) is 5.88 Å². The molecular formula is C18H24N4O2. The number of pyridine rings is 1. The number of ether oxygens (including phenoxy) is 1. The molecule has 3 heterocycles. The maximum absolute atomic E-state index is 12.8. The van der Waals surface area contributed by atoms with Gasteiger partial charge in [0.1, 0.15) is 11.4 Å². The maximum Gasteiger partial charge on any atom is 0.259 e. The minimum atomic E-state index is -0.107. The lowest BCUT2D eigenvalue weighted by Gasteiger charge is -2.18. The molecule has 1 aliphatic rings. The second-order valence-corrected chi connectivity index (χ2v) is 6.48. The molecule has 2 aromatic heterocycles. The molecule has 0 N–H and O–H groups in total. The Morgan fingerprint density at radius 3 is 3.00 bits per heavy atom. The van der Waals surface area contributed by atoms with Gasteiger partial charge in [0.15, 0.2) is 0 Å². The van der Waals surface area contributed by atoms with E-state index in [1.807, 2.05) is 13.8 Å². The van der Waals surface area contributed by atoms with Gasteiger partial charge in [0, 0.05) is 32.4 Å². The molecule has 0 bridgehead atoms. The predicted molar refractivity (Wildman–Crippen MR) is 91.0 cm³/mol. The number of aryl methyl sites for hydroxylation is 2. The van der Waals surface area contributed by atoms with Crippen LogP contribution in [0, 0.1) is 0 Å². The summed E-state index contributed by atoms with van der Waals surface area (Å²) in [4.78, 5) is 23.3. The van der Waals surface area contributed by atoms with E-state index >= 15 is 0 Å². The molecule has 0 spiro atoms. The lowest BCUT2D eigenvalue weighted by atomic mass is 10.2. The van der Waals surface area contributed by atoms with Crippen molar-refractivity contribution in [3.63, 3.8) is 0 Å². The highest BCUT2D eigenvalue weighted by atomic mass is 16.5. The van der Waals surface area contributed by atoms with Gasteiger partial charge in [-0.05, 0) is 38.8 Å². The van der Waals surface area contributed by atoms with E-state index in [1.54, 1.807) is 30.3 Å². The standard InChI is InChI=1S/C18H24N4O2/c1-13(2)24-17-15(7-6-9-19-17)18(23)21(3)11-14-12-22-10-5-4-8-16(22)20-14/h6-7,9,12-13H,4-5,8,10-11H2,1-3H3. The van der Waals surface area contributed by atoms with Crippen molar-refractivity contribution >= 4 is 5.91 Å². The predicted octanol–water partition coefficient (Wildman–Crippen LogP) is 2.67. The van der Waals surface area contributed by atoms with E-state index in [0.29, 0.717) is 18.0 Å². The van der Waals surface area contributed by atoms with Gasteiger partial charge in [0.05, 0.1) is 18.3 Å². The molecular weight excluding hydrogens is 304 g/mol. The van der Waals surface area contributed by atoms with E-state index < -0.39 is 0 Å². The molecule has 1 amide bonds. The van der Waals surface area contributed by atoms with Crippen LogP contribution in [0.4, 0.5) is 0 Å². The third-order valence-corrected chi connectivity index (χ3v) is 4.05. The Morgan fingerprint density at radius 2 is 2.25 bits per heavy atom. The van der Waals surface area contributed by atoms with E-state index in [1.165, 1.54) is 12.8 Å². The molecule has 24 heavy (non-hydrogen) atoms. The third-order valence-electron chi connectivity index (χ3n) is 4.05. The molecule has 6 nitrogen and oxygen atoms in total. The van der Waals surface area contributed by atoms with E-state index in [4.69, 9.17) is 4.74 Å². The van der Waals surface area contributed by atoms with Crippen molar-refractivity contribution in [1.29, 1.82) is 0 Å². The number of rotatable bonds is 5. The largest absolute Gasteiger partial charge is 0.474 e. The Hall–Kier alpha value is -2.37. The average molecular weight is 328 g/mol. The molecule has 128 valence electrons. The molecule has 0 saturated heterocycles. The van der Waals surface area contributed by atoms with Gasteiger partial charge < -0.3 is 14.2 Å². The first-order chi connectivity index (χ1) is 11.5. The Balaban J connectivity index is 1.74. The molecule has 0 saturated carbocycles. The number of amides is 1. The van der Waals surface area contributed by atoms with Gasteiger partial charge in [-0.25, -0.2) is 9.97 Å². The van der Waals surface area contributed by atoms with Gasteiger partial charge in [0.2, 0.25) is 5.88 Å². The first kappa shape index (κ1) is 16.5. The highest BCUT2D eigenvalue weighted by molar-refractivity contribution is 5.96. The van der Waals surface area contributed by atoms with Crippen molar-refractivity contribution in [2.75, 3.05) is 7.05 Å². The van der Waals surface area contributed by atoms with Crippen molar-refractivity contribution in [3.05, 3.63) is 41.6 Å². The quantitative estimate of drug-likeness (QED) is 0.846. The second kappa shape index (κ2) is 7.03. The first-order valence-corrected chi connectivity index (χ1v) is 8.46. The summed E-state index contributed by atoms with van der Waals surface area (Å²) in [5.41, 5.74) is 1.41. The molecule has 2 aromatic rings. The van der Waals surface area contributed by atoms with Crippen LogP contribution < -0.4 is 4.74 Å². The van der Waals surface area contributed by atoms with Gasteiger partial charge in [-0.3, -0.25) is 4.79 Å². The van der Waals surface area contributed by atoms with E-state index in [0.717, 1.165) is 24.5 Å². The maximum atomic E-state index is 12.8. The van der Waals surface area contributed by atoms with Crippen LogP contribution in [0.25, 0.3) is 0 Å². The monoisotopic (exact) mass is 328 g/mol. The summed E-state index contributed by atoms with van der Waals surface area (Å²) >= 11 is 0. The highest BCUT2D eigenvalue weighted by Gasteiger charge is 2.20. The summed E-state index contributed by atoms with van der Waals surface area (Å²) < 4.78 is 7.86. The number of aromatic nitrogens is 3. The fourth-order valence-corrected chi connectivity index (χ4v) is 2.94. The van der Waals surface area contributed by atoms with Gasteiger partial charge in [-0.2, -0.15) is 0 Å². The molecule has 0 radical (unpaired) electrons. The topological polar surface area (TPSA) is 60.2 Å². The zero-order valence-electron chi connectivity index (χ0n) is 14.5. The number of carbonyl (C=O) groups excluding carboxylic acids is 1. The summed E-state index contributed by atoms with van der Waals surface area (Å²) in [5, 5.41) is 0. The zero-order chi connectivity index (χ0) is 17.1. The summed E-state index contributed by atoms with van der Waals surface area (Å²) in [6.07, 6.45) is 7.08. The second-order valence-electron chi connectivity index (χ2n) is 6.48. The van der Waals surface area contributed by atoms with Gasteiger partial charge in [0.25, 0.3) is 5.91 Å². The number of nitrogens with zero attached hydrogens (tertiary/aromatic N) is 4. The number of carbonyl (C=O) groups is 1. The summed E-state index contributed by atoms with van der Waals surface area (Å²) in [6, 6.07) is 3.51. The van der Waals surface area contributed by atoms with Crippen LogP contribution in [-0.4, -0.2) is 38.5 Å². The van der Waals surface area contributed by atoms with Crippen LogP contribution in [0.1, 0.15) is 48.6 Å². The van der Waals surface area contributed by atoms with Gasteiger partial charge in [-0.15, -0.1) is 0 Å². The minimum absolute atomic E-state index is 0.0309. The van der Waals surface area contributed by atoms with Crippen molar-refractivity contribution in [2.24, 2.45) is 0 Å². The lowest BCUT2D eigenvalue weighted by molar-refractivity contribution is 0.0776. The summed E-state index contributed by atoms with van der Waals surface area (Å²) in [6.45, 7) is 5.34. The smallest absolute Gasteiger partial charge is 0.259 e. The molecule has 0 fully saturated rings. The number of hydrogen-bond donors (Lipinski definition) is 0. The molecule has 6 heteroatoms. The number of fused-ring (bicyclic) bond motifs is 1. The molecule has 0 aliphatic carbocycles. The minimum Gasteiger partial charge on any atom is -0.474 e. The Morgan fingerprint density at radius 1 is 1.42 bits per heavy atom. The van der Waals surface area contributed by atoms with Crippen LogP contribution in [0.2, 0.25) is 0 Å². The summed E-state index contributed by atoms with van der Waals surface area (Å²) in [5.74, 6) is 1.40. The first-order valence-electron chi connectivity index (χ1n) is 8.46. The van der Waals surface area contributed by atoms with Crippen LogP contribution >= 0.6 is 0 Å². The Kier molecular flexibility index (Phi) is 4.83. The number of imidazole rings is 1. The highest BCUT2D eigenvalue weighted by Crippen LogP contribution is 2.20. The van der Waals surface area contributed by atoms with Gasteiger partial charge in [-0.1, -0.05) is 0 Å².